The third kappa shape index (κ3) is 3.56. The molecule has 0 amide bonds. The molecule has 2 aromatic rings. The second-order valence-corrected chi connectivity index (χ2v) is 5.94. The van der Waals surface area contributed by atoms with E-state index in [1.807, 2.05) is 0 Å². The highest BCUT2D eigenvalue weighted by atomic mass is 35.5. The van der Waals surface area contributed by atoms with E-state index in [-0.39, 0.29) is 10.6 Å². The van der Waals surface area contributed by atoms with Crippen molar-refractivity contribution in [2.24, 2.45) is 0 Å². The lowest BCUT2D eigenvalue weighted by atomic mass is 9.96. The minimum absolute atomic E-state index is 0.226. The first-order chi connectivity index (χ1) is 11.6. The molecule has 1 aliphatic heterocycles. The zero-order valence-corrected chi connectivity index (χ0v) is 13.7. The fraction of sp³-hybridized carbons (Fsp3) is 0.438. The Bertz CT molecular complexity index is 733. The Morgan fingerprint density at radius 2 is 2.21 bits per heavy atom. The highest BCUT2D eigenvalue weighted by Crippen LogP contribution is 2.28. The van der Waals surface area contributed by atoms with Crippen LogP contribution in [0.2, 0.25) is 5.02 Å². The van der Waals surface area contributed by atoms with Crippen LogP contribution in [0.3, 0.4) is 0 Å². The van der Waals surface area contributed by atoms with Gasteiger partial charge in [-0.15, -0.1) is 5.10 Å². The molecule has 0 spiro atoms. The van der Waals surface area contributed by atoms with Gasteiger partial charge < -0.3 is 9.47 Å². The Balaban J connectivity index is 1.64. The van der Waals surface area contributed by atoms with Crippen LogP contribution in [0, 0.1) is 17.1 Å². The van der Waals surface area contributed by atoms with Gasteiger partial charge in [-0.3, -0.25) is 0 Å². The number of nitriles is 1. The zero-order valence-electron chi connectivity index (χ0n) is 12.9. The molecule has 8 heteroatoms. The Morgan fingerprint density at radius 1 is 1.42 bits per heavy atom. The molecule has 3 rings (SSSR count). The van der Waals surface area contributed by atoms with E-state index in [1.165, 1.54) is 12.1 Å². The van der Waals surface area contributed by atoms with E-state index >= 15 is 0 Å². The largest absolute Gasteiger partial charge is 0.381 e. The van der Waals surface area contributed by atoms with Gasteiger partial charge in [-0.2, -0.15) is 5.26 Å². The van der Waals surface area contributed by atoms with Gasteiger partial charge in [-0.1, -0.05) is 22.9 Å². The Labute approximate surface area is 143 Å². The first-order valence-electron chi connectivity index (χ1n) is 7.61. The molecule has 1 aromatic carbocycles. The molecule has 0 aliphatic carbocycles. The Morgan fingerprint density at radius 3 is 2.92 bits per heavy atom. The van der Waals surface area contributed by atoms with E-state index in [0.717, 1.165) is 0 Å². The van der Waals surface area contributed by atoms with E-state index in [2.05, 4.69) is 16.4 Å². The summed E-state index contributed by atoms with van der Waals surface area (Å²) in [5, 5.41) is 17.5. The van der Waals surface area contributed by atoms with Crippen LogP contribution in [0.15, 0.2) is 24.4 Å². The number of nitrogens with zero attached hydrogens (tertiary/aromatic N) is 4. The number of hydrogen-bond acceptors (Lipinski definition) is 5. The van der Waals surface area contributed by atoms with E-state index in [4.69, 9.17) is 21.1 Å². The second-order valence-electron chi connectivity index (χ2n) is 5.53. The van der Waals surface area contributed by atoms with Gasteiger partial charge in [0.1, 0.15) is 11.5 Å². The lowest BCUT2D eigenvalue weighted by Crippen LogP contribution is -2.38. The number of benzene rings is 1. The van der Waals surface area contributed by atoms with Crippen LogP contribution in [-0.2, 0) is 16.0 Å². The molecular weight excluding hydrogens is 335 g/mol. The molecule has 0 N–H and O–H groups in total. The van der Waals surface area contributed by atoms with Crippen molar-refractivity contribution >= 4 is 11.6 Å². The molecule has 1 aromatic heterocycles. The number of halogens is 2. The van der Waals surface area contributed by atoms with E-state index < -0.39 is 11.4 Å². The Kier molecular flexibility index (Phi) is 5.09. The van der Waals surface area contributed by atoms with Gasteiger partial charge >= 0.3 is 0 Å². The summed E-state index contributed by atoms with van der Waals surface area (Å²) in [7, 11) is 0. The molecule has 0 bridgehead atoms. The molecule has 0 radical (unpaired) electrons. The molecule has 2 heterocycles. The van der Waals surface area contributed by atoms with Gasteiger partial charge in [0.25, 0.3) is 0 Å². The summed E-state index contributed by atoms with van der Waals surface area (Å²) < 4.78 is 26.5. The van der Waals surface area contributed by atoms with Crippen molar-refractivity contribution in [1.29, 1.82) is 5.26 Å². The maximum absolute atomic E-state index is 13.9. The maximum atomic E-state index is 13.9. The molecule has 24 heavy (non-hydrogen) atoms. The highest BCUT2D eigenvalue weighted by Gasteiger charge is 2.33. The predicted octanol–water partition coefficient (Wildman–Crippen LogP) is 2.83. The normalized spacial score (nSPS) is 16.7. The van der Waals surface area contributed by atoms with Crippen LogP contribution in [0.5, 0.6) is 0 Å². The molecule has 0 atom stereocenters. The molecule has 1 fully saturated rings. The van der Waals surface area contributed by atoms with Gasteiger partial charge in [0.15, 0.2) is 5.60 Å². The van der Waals surface area contributed by atoms with Crippen molar-refractivity contribution in [3.63, 3.8) is 0 Å². The van der Waals surface area contributed by atoms with Crippen molar-refractivity contribution < 1.29 is 13.9 Å². The summed E-state index contributed by atoms with van der Waals surface area (Å²) >= 11 is 6.03. The van der Waals surface area contributed by atoms with Gasteiger partial charge in [-0.25, -0.2) is 9.07 Å². The minimum atomic E-state index is -0.795. The SMILES string of the molecule is N#CC1(OCCn2cc(-c3c(F)cccc3Cl)nn2)CCOCC1. The van der Waals surface area contributed by atoms with Gasteiger partial charge in [0.2, 0.25) is 0 Å². The zero-order chi connectivity index (χ0) is 17.0. The van der Waals surface area contributed by atoms with Crippen molar-refractivity contribution in [3.8, 4) is 17.3 Å². The standard InChI is InChI=1S/C16H16ClFN4O2/c17-12-2-1-3-13(18)15(12)14-10-22(21-20-14)6-9-24-16(11-19)4-7-23-8-5-16/h1-3,10H,4-9H2. The summed E-state index contributed by atoms with van der Waals surface area (Å²) in [5.41, 5.74) is -0.209. The smallest absolute Gasteiger partial charge is 0.158 e. The van der Waals surface area contributed by atoms with Gasteiger partial charge in [0, 0.05) is 12.8 Å². The first kappa shape index (κ1) is 16.8. The van der Waals surface area contributed by atoms with E-state index in [0.29, 0.717) is 44.9 Å². The lowest BCUT2D eigenvalue weighted by molar-refractivity contribution is -0.0782. The van der Waals surface area contributed by atoms with Crippen LogP contribution in [0.25, 0.3) is 11.3 Å². The van der Waals surface area contributed by atoms with E-state index in [9.17, 15) is 9.65 Å². The quantitative estimate of drug-likeness (QED) is 0.829. The van der Waals surface area contributed by atoms with Crippen molar-refractivity contribution in [2.45, 2.75) is 25.0 Å². The molecule has 126 valence electrons. The van der Waals surface area contributed by atoms with Gasteiger partial charge in [-0.05, 0) is 12.1 Å². The van der Waals surface area contributed by atoms with Gasteiger partial charge in [0.05, 0.1) is 49.2 Å². The molecule has 0 unspecified atom stereocenters. The second kappa shape index (κ2) is 7.26. The lowest BCUT2D eigenvalue weighted by Gasteiger charge is -2.30. The topological polar surface area (TPSA) is 73.0 Å². The first-order valence-corrected chi connectivity index (χ1v) is 7.99. The van der Waals surface area contributed by atoms with Crippen LogP contribution in [0.4, 0.5) is 4.39 Å². The Hall–Kier alpha value is -2.01. The van der Waals surface area contributed by atoms with Crippen molar-refractivity contribution in [3.05, 3.63) is 35.2 Å². The average Bonchev–Trinajstić information content (AvgIpc) is 3.04. The predicted molar refractivity (Wildman–Crippen MR) is 84.8 cm³/mol. The fourth-order valence-corrected chi connectivity index (χ4v) is 2.85. The monoisotopic (exact) mass is 350 g/mol. The average molecular weight is 351 g/mol. The summed E-state index contributed by atoms with van der Waals surface area (Å²) in [4.78, 5) is 0. The number of aromatic nitrogens is 3. The van der Waals surface area contributed by atoms with Crippen LogP contribution in [-0.4, -0.2) is 40.4 Å². The maximum Gasteiger partial charge on any atom is 0.158 e. The van der Waals surface area contributed by atoms with Crippen LogP contribution < -0.4 is 0 Å². The number of rotatable bonds is 5. The van der Waals surface area contributed by atoms with Crippen LogP contribution >= 0.6 is 11.6 Å². The number of ether oxygens (including phenoxy) is 2. The van der Waals surface area contributed by atoms with Crippen molar-refractivity contribution in [1.82, 2.24) is 15.0 Å². The van der Waals surface area contributed by atoms with E-state index in [1.54, 1.807) is 16.9 Å². The highest BCUT2D eigenvalue weighted by molar-refractivity contribution is 6.33. The third-order valence-corrected chi connectivity index (χ3v) is 4.28. The van der Waals surface area contributed by atoms with Crippen molar-refractivity contribution in [2.75, 3.05) is 19.8 Å². The summed E-state index contributed by atoms with van der Waals surface area (Å²) in [6, 6.07) is 6.70. The molecular formula is C16H16ClFN4O2. The fourth-order valence-electron chi connectivity index (χ4n) is 2.59. The molecule has 6 nitrogen and oxygen atoms in total. The summed E-state index contributed by atoms with van der Waals surface area (Å²) in [5.74, 6) is -0.448. The van der Waals surface area contributed by atoms with Crippen LogP contribution in [0.1, 0.15) is 12.8 Å². The third-order valence-electron chi connectivity index (χ3n) is 3.96. The summed E-state index contributed by atoms with van der Waals surface area (Å²) in [6.07, 6.45) is 2.71. The molecule has 1 saturated heterocycles. The molecule has 1 aliphatic rings. The number of hydrogen-bond donors (Lipinski definition) is 0. The molecule has 0 saturated carbocycles. The summed E-state index contributed by atoms with van der Waals surface area (Å²) in [6.45, 7) is 1.75. The minimum Gasteiger partial charge on any atom is -0.381 e.